The van der Waals surface area contributed by atoms with Crippen molar-refractivity contribution in [1.82, 2.24) is 4.90 Å². The van der Waals surface area contributed by atoms with Gasteiger partial charge >= 0.3 is 0 Å². The van der Waals surface area contributed by atoms with Crippen LogP contribution in [0.2, 0.25) is 10.0 Å². The quantitative estimate of drug-likeness (QED) is 0.512. The molecule has 0 saturated carbocycles. The Morgan fingerprint density at radius 1 is 1.04 bits per heavy atom. The van der Waals surface area contributed by atoms with Crippen LogP contribution in [0, 0.1) is 0 Å². The summed E-state index contributed by atoms with van der Waals surface area (Å²) in [5, 5.41) is 1.66. The molecular formula is C24H26Cl2N2. The third-order valence-electron chi connectivity index (χ3n) is 6.10. The van der Waals surface area contributed by atoms with Gasteiger partial charge in [0.05, 0.1) is 0 Å². The van der Waals surface area contributed by atoms with E-state index >= 15 is 0 Å². The molecule has 0 spiro atoms. The van der Waals surface area contributed by atoms with Gasteiger partial charge in [-0.1, -0.05) is 59.1 Å². The molecule has 2 aromatic rings. The molecule has 1 aliphatic heterocycles. The summed E-state index contributed by atoms with van der Waals surface area (Å²) < 4.78 is 0. The van der Waals surface area contributed by atoms with Gasteiger partial charge in [0, 0.05) is 52.6 Å². The van der Waals surface area contributed by atoms with Crippen LogP contribution in [0.3, 0.4) is 0 Å². The molecule has 0 radical (unpaired) electrons. The molecule has 2 aromatic carbocycles. The van der Waals surface area contributed by atoms with Crippen LogP contribution in [0.1, 0.15) is 49.8 Å². The summed E-state index contributed by atoms with van der Waals surface area (Å²) in [4.78, 5) is 7.61. The highest BCUT2D eigenvalue weighted by atomic mass is 35.5. The fourth-order valence-corrected chi connectivity index (χ4v) is 4.90. The summed E-state index contributed by atoms with van der Waals surface area (Å²) in [6.45, 7) is 6.32. The standard InChI is InChI=1S/C24H26Cl2N2/c1-16-10-11-19(28-13-12-18-6-5-9-23(26)21(18)15-28)14-24(16)27-17(2)20-7-3-4-8-22(20)25/h3-9,19H,10-15H2,1-2H3. The molecule has 0 N–H and O–H groups in total. The molecule has 0 bridgehead atoms. The summed E-state index contributed by atoms with van der Waals surface area (Å²) in [5.74, 6) is 0. The number of benzene rings is 2. The van der Waals surface area contributed by atoms with E-state index in [1.807, 2.05) is 30.3 Å². The van der Waals surface area contributed by atoms with Gasteiger partial charge < -0.3 is 0 Å². The van der Waals surface area contributed by atoms with Crippen molar-refractivity contribution in [2.75, 3.05) is 6.54 Å². The van der Waals surface area contributed by atoms with Gasteiger partial charge in [0.25, 0.3) is 0 Å². The first kappa shape index (κ1) is 19.7. The van der Waals surface area contributed by atoms with Crippen molar-refractivity contribution in [2.24, 2.45) is 4.99 Å². The molecule has 4 heteroatoms. The SMILES string of the molecule is CC(=NC1=C(C)CCC(N2CCc3cccc(Cl)c3C2)C1)c1ccccc1Cl. The Kier molecular flexibility index (Phi) is 5.91. The molecule has 0 aromatic heterocycles. The fraction of sp³-hybridized carbons (Fsp3) is 0.375. The van der Waals surface area contributed by atoms with Crippen molar-refractivity contribution < 1.29 is 0 Å². The molecule has 2 nitrogen and oxygen atoms in total. The third-order valence-corrected chi connectivity index (χ3v) is 6.79. The summed E-state index contributed by atoms with van der Waals surface area (Å²) in [6, 6.07) is 14.7. The second-order valence-electron chi connectivity index (χ2n) is 7.90. The van der Waals surface area contributed by atoms with Crippen LogP contribution in [-0.2, 0) is 13.0 Å². The highest BCUT2D eigenvalue weighted by Crippen LogP contribution is 2.34. The normalized spacial score (nSPS) is 21.0. The van der Waals surface area contributed by atoms with E-state index in [0.29, 0.717) is 6.04 Å². The van der Waals surface area contributed by atoms with Crippen molar-refractivity contribution >= 4 is 28.9 Å². The Balaban J connectivity index is 1.53. The van der Waals surface area contributed by atoms with E-state index in [1.54, 1.807) is 0 Å². The van der Waals surface area contributed by atoms with E-state index in [2.05, 4.69) is 30.9 Å². The summed E-state index contributed by atoms with van der Waals surface area (Å²) >= 11 is 12.8. The zero-order valence-electron chi connectivity index (χ0n) is 16.5. The number of rotatable bonds is 3. The summed E-state index contributed by atoms with van der Waals surface area (Å²) in [7, 11) is 0. The molecule has 0 amide bonds. The molecule has 1 unspecified atom stereocenters. The summed E-state index contributed by atoms with van der Waals surface area (Å²) in [6.07, 6.45) is 4.36. The molecule has 1 heterocycles. The molecule has 4 rings (SSSR count). The Labute approximate surface area is 177 Å². The van der Waals surface area contributed by atoms with Crippen LogP contribution in [0.15, 0.2) is 58.7 Å². The van der Waals surface area contributed by atoms with Crippen LogP contribution < -0.4 is 0 Å². The van der Waals surface area contributed by atoms with Crippen LogP contribution in [0.25, 0.3) is 0 Å². The smallest absolute Gasteiger partial charge is 0.0496 e. The molecule has 0 fully saturated rings. The van der Waals surface area contributed by atoms with Gasteiger partial charge in [0.2, 0.25) is 0 Å². The Bertz CT molecular complexity index is 945. The van der Waals surface area contributed by atoms with Gasteiger partial charge in [-0.15, -0.1) is 0 Å². The zero-order valence-corrected chi connectivity index (χ0v) is 18.0. The highest BCUT2D eigenvalue weighted by molar-refractivity contribution is 6.34. The van der Waals surface area contributed by atoms with Gasteiger partial charge in [-0.05, 0) is 56.4 Å². The maximum absolute atomic E-state index is 6.48. The second-order valence-corrected chi connectivity index (χ2v) is 8.71. The van der Waals surface area contributed by atoms with E-state index in [1.165, 1.54) is 28.8 Å². The number of fused-ring (bicyclic) bond motifs is 1. The second kappa shape index (κ2) is 8.41. The molecule has 2 aliphatic rings. The lowest BCUT2D eigenvalue weighted by atomic mass is 9.89. The van der Waals surface area contributed by atoms with Crippen molar-refractivity contribution in [1.29, 1.82) is 0 Å². The Morgan fingerprint density at radius 3 is 2.64 bits per heavy atom. The number of aliphatic imine (C=N–C) groups is 1. The zero-order chi connectivity index (χ0) is 19.7. The first-order valence-corrected chi connectivity index (χ1v) is 10.8. The van der Waals surface area contributed by atoms with E-state index in [-0.39, 0.29) is 0 Å². The number of hydrogen-bond acceptors (Lipinski definition) is 2. The first-order valence-electron chi connectivity index (χ1n) is 10.0. The number of nitrogens with zero attached hydrogens (tertiary/aromatic N) is 2. The van der Waals surface area contributed by atoms with Gasteiger partial charge in [-0.3, -0.25) is 9.89 Å². The van der Waals surface area contributed by atoms with Crippen molar-refractivity contribution in [3.05, 3.63) is 80.5 Å². The number of halogens is 2. The van der Waals surface area contributed by atoms with Crippen LogP contribution in [-0.4, -0.2) is 23.2 Å². The van der Waals surface area contributed by atoms with Crippen LogP contribution in [0.4, 0.5) is 0 Å². The van der Waals surface area contributed by atoms with E-state index in [0.717, 1.165) is 53.7 Å². The lowest BCUT2D eigenvalue weighted by Gasteiger charge is -2.38. The maximum atomic E-state index is 6.48. The van der Waals surface area contributed by atoms with Gasteiger partial charge in [0.15, 0.2) is 0 Å². The predicted octanol–water partition coefficient (Wildman–Crippen LogP) is 6.69. The lowest BCUT2D eigenvalue weighted by Crippen LogP contribution is -2.40. The van der Waals surface area contributed by atoms with Crippen LogP contribution in [0.5, 0.6) is 0 Å². The molecule has 1 aliphatic carbocycles. The first-order chi connectivity index (χ1) is 13.5. The maximum Gasteiger partial charge on any atom is 0.0496 e. The van der Waals surface area contributed by atoms with Gasteiger partial charge in [0.1, 0.15) is 0 Å². The van der Waals surface area contributed by atoms with E-state index in [9.17, 15) is 0 Å². The van der Waals surface area contributed by atoms with Gasteiger partial charge in [-0.25, -0.2) is 0 Å². The highest BCUT2D eigenvalue weighted by Gasteiger charge is 2.28. The lowest BCUT2D eigenvalue weighted by molar-refractivity contribution is 0.163. The molecule has 1 atom stereocenters. The van der Waals surface area contributed by atoms with E-state index in [4.69, 9.17) is 28.2 Å². The average molecular weight is 413 g/mol. The Hall–Kier alpha value is -1.61. The Morgan fingerprint density at radius 2 is 1.82 bits per heavy atom. The number of hydrogen-bond donors (Lipinski definition) is 0. The molecule has 28 heavy (non-hydrogen) atoms. The van der Waals surface area contributed by atoms with Crippen molar-refractivity contribution in [3.63, 3.8) is 0 Å². The minimum Gasteiger partial charge on any atom is -0.295 e. The molecular weight excluding hydrogens is 387 g/mol. The third kappa shape index (κ3) is 4.05. The van der Waals surface area contributed by atoms with Crippen molar-refractivity contribution in [2.45, 2.75) is 52.1 Å². The predicted molar refractivity (Wildman–Crippen MR) is 120 cm³/mol. The minimum absolute atomic E-state index is 0.519. The minimum atomic E-state index is 0.519. The monoisotopic (exact) mass is 412 g/mol. The molecule has 0 saturated heterocycles. The summed E-state index contributed by atoms with van der Waals surface area (Å²) in [5.41, 5.74) is 7.34. The van der Waals surface area contributed by atoms with Crippen molar-refractivity contribution in [3.8, 4) is 0 Å². The average Bonchev–Trinajstić information content (AvgIpc) is 2.70. The molecule has 146 valence electrons. The number of allylic oxidation sites excluding steroid dienone is 1. The largest absolute Gasteiger partial charge is 0.295 e. The topological polar surface area (TPSA) is 15.6 Å². The fourth-order valence-electron chi connectivity index (χ4n) is 4.37. The van der Waals surface area contributed by atoms with Crippen LogP contribution >= 0.6 is 23.2 Å². The van der Waals surface area contributed by atoms with E-state index < -0.39 is 0 Å². The van der Waals surface area contributed by atoms with Gasteiger partial charge in [-0.2, -0.15) is 0 Å².